The summed E-state index contributed by atoms with van der Waals surface area (Å²) >= 11 is 0. The molecule has 0 aliphatic rings. The Morgan fingerprint density at radius 3 is 1.46 bits per heavy atom. The average molecular weight is 674 g/mol. The summed E-state index contributed by atoms with van der Waals surface area (Å²) in [4.78, 5) is 32.3. The summed E-state index contributed by atoms with van der Waals surface area (Å²) in [6.07, 6.45) is 0. The maximum atomic E-state index is 11.5. The van der Waals surface area contributed by atoms with E-state index in [1.165, 1.54) is 0 Å². The van der Waals surface area contributed by atoms with E-state index in [4.69, 9.17) is 11.5 Å². The molecule has 8 N–H and O–H groups in total. The zero-order valence-corrected chi connectivity index (χ0v) is 28.4. The van der Waals surface area contributed by atoms with Gasteiger partial charge in [-0.05, 0) is 58.5 Å². The molecule has 0 aliphatic carbocycles. The number of carbonyl (C=O) groups excluding carboxylic acids is 2. The first-order valence-corrected chi connectivity index (χ1v) is 16.2. The van der Waals surface area contributed by atoms with Crippen LogP contribution in [0.5, 0.6) is 0 Å². The third kappa shape index (κ3) is 7.95. The highest BCUT2D eigenvalue weighted by Crippen LogP contribution is 2.25. The topological polar surface area (TPSA) is 203 Å². The highest BCUT2D eigenvalue weighted by atomic mass is 16.4. The second-order valence-electron chi connectivity index (χ2n) is 12.8. The van der Waals surface area contributed by atoms with Gasteiger partial charge < -0.3 is 40.7 Å². The van der Waals surface area contributed by atoms with Gasteiger partial charge in [0.05, 0.1) is 22.1 Å². The Labute approximate surface area is 290 Å². The average Bonchev–Trinajstić information content (AvgIpc) is 3.63. The van der Waals surface area contributed by atoms with Crippen molar-refractivity contribution >= 4 is 59.0 Å². The van der Waals surface area contributed by atoms with Crippen molar-refractivity contribution in [2.24, 2.45) is 11.5 Å². The van der Waals surface area contributed by atoms with Gasteiger partial charge in [0.1, 0.15) is 11.6 Å². The molecule has 0 fully saturated rings. The molecule has 2 heterocycles. The maximum absolute atomic E-state index is 11.5. The van der Waals surface area contributed by atoms with Crippen LogP contribution >= 0.6 is 0 Å². The molecule has 50 heavy (non-hydrogen) atoms. The molecule has 6 rings (SSSR count). The molecular weight excluding hydrogens is 634 g/mol. The lowest BCUT2D eigenvalue weighted by Crippen LogP contribution is -2.29. The standard InChI is InChI=1S/2C18H20BN3O3/c1-11(2)18-21-15-9-13(17(20)23)5-8-16(15)22(18)10-12-3-6-14(7-4-12)19(24)25;1-11(2)18-21-15-8-5-13(17(20)23)9-16(15)22(18)10-12-3-6-14(7-4-12)19(24)25/h2*3-9,11,24-25H,10H2,1-2H3,(H2,20,23). The maximum Gasteiger partial charge on any atom is 0.488 e. The van der Waals surface area contributed by atoms with Gasteiger partial charge in [0.25, 0.3) is 0 Å². The molecular formula is C36H40B2N6O6. The van der Waals surface area contributed by atoms with Crippen molar-refractivity contribution < 1.29 is 29.7 Å². The van der Waals surface area contributed by atoms with Crippen molar-refractivity contribution in [2.75, 3.05) is 0 Å². The highest BCUT2D eigenvalue weighted by molar-refractivity contribution is 6.58. The van der Waals surface area contributed by atoms with E-state index in [-0.39, 0.29) is 11.8 Å². The Kier molecular flexibility index (Phi) is 10.9. The summed E-state index contributed by atoms with van der Waals surface area (Å²) in [6.45, 7) is 9.43. The number of carbonyl (C=O) groups is 2. The predicted octanol–water partition coefficient (Wildman–Crippen LogP) is 1.97. The summed E-state index contributed by atoms with van der Waals surface area (Å²) in [6, 6.07) is 24.7. The monoisotopic (exact) mass is 674 g/mol. The molecule has 6 aromatic rings. The Morgan fingerprint density at radius 1 is 0.600 bits per heavy atom. The minimum absolute atomic E-state index is 0.211. The number of hydrogen-bond donors (Lipinski definition) is 6. The largest absolute Gasteiger partial charge is 0.488 e. The predicted molar refractivity (Wildman–Crippen MR) is 195 cm³/mol. The number of imidazole rings is 2. The number of nitrogens with zero attached hydrogens (tertiary/aromatic N) is 4. The van der Waals surface area contributed by atoms with E-state index in [0.717, 1.165) is 44.8 Å². The molecule has 12 nitrogen and oxygen atoms in total. The van der Waals surface area contributed by atoms with Crippen molar-refractivity contribution in [3.05, 3.63) is 119 Å². The molecule has 0 saturated heterocycles. The van der Waals surface area contributed by atoms with Crippen LogP contribution in [-0.2, 0) is 13.1 Å². The van der Waals surface area contributed by atoms with Gasteiger partial charge in [-0.15, -0.1) is 0 Å². The van der Waals surface area contributed by atoms with Crippen LogP contribution in [-0.4, -0.2) is 65.2 Å². The molecule has 2 amide bonds. The minimum atomic E-state index is -1.48. The Balaban J connectivity index is 0.000000194. The first kappa shape index (κ1) is 36.0. The molecule has 0 bridgehead atoms. The second-order valence-corrected chi connectivity index (χ2v) is 12.8. The van der Waals surface area contributed by atoms with Gasteiger partial charge in [-0.25, -0.2) is 9.97 Å². The number of aromatic nitrogens is 4. The van der Waals surface area contributed by atoms with Gasteiger partial charge in [-0.3, -0.25) is 9.59 Å². The number of hydrogen-bond acceptors (Lipinski definition) is 8. The van der Waals surface area contributed by atoms with Gasteiger partial charge >= 0.3 is 14.2 Å². The van der Waals surface area contributed by atoms with Crippen molar-refractivity contribution in [2.45, 2.75) is 52.6 Å². The molecule has 0 saturated carbocycles. The fraction of sp³-hybridized carbons (Fsp3) is 0.222. The van der Waals surface area contributed by atoms with Crippen molar-refractivity contribution in [1.29, 1.82) is 0 Å². The van der Waals surface area contributed by atoms with E-state index >= 15 is 0 Å². The molecule has 0 atom stereocenters. The lowest BCUT2D eigenvalue weighted by molar-refractivity contribution is 0.0992. The molecule has 0 radical (unpaired) electrons. The Morgan fingerprint density at radius 2 is 1.02 bits per heavy atom. The summed E-state index contributed by atoms with van der Waals surface area (Å²) in [5.41, 5.74) is 17.9. The summed E-state index contributed by atoms with van der Waals surface area (Å²) in [5.74, 6) is 1.32. The fourth-order valence-electron chi connectivity index (χ4n) is 5.77. The van der Waals surface area contributed by atoms with Crippen LogP contribution in [0.3, 0.4) is 0 Å². The zero-order chi connectivity index (χ0) is 36.3. The van der Waals surface area contributed by atoms with Crippen LogP contribution < -0.4 is 22.4 Å². The van der Waals surface area contributed by atoms with E-state index in [2.05, 4.69) is 46.8 Å². The number of amides is 2. The number of primary amides is 2. The molecule has 256 valence electrons. The molecule has 2 aromatic heterocycles. The van der Waals surface area contributed by atoms with E-state index in [9.17, 15) is 29.7 Å². The quantitative estimate of drug-likeness (QED) is 0.118. The summed E-state index contributed by atoms with van der Waals surface area (Å²) in [7, 11) is -2.95. The van der Waals surface area contributed by atoms with Crippen LogP contribution in [0.2, 0.25) is 0 Å². The zero-order valence-electron chi connectivity index (χ0n) is 28.4. The normalized spacial score (nSPS) is 11.2. The van der Waals surface area contributed by atoms with Crippen LogP contribution in [0.4, 0.5) is 0 Å². The summed E-state index contributed by atoms with van der Waals surface area (Å²) < 4.78 is 4.17. The fourth-order valence-corrected chi connectivity index (χ4v) is 5.77. The van der Waals surface area contributed by atoms with Crippen LogP contribution in [0.15, 0.2) is 84.9 Å². The first-order valence-electron chi connectivity index (χ1n) is 16.2. The molecule has 0 unspecified atom stereocenters. The molecule has 0 aliphatic heterocycles. The molecule has 0 spiro atoms. The highest BCUT2D eigenvalue weighted by Gasteiger charge is 2.18. The van der Waals surface area contributed by atoms with Crippen molar-refractivity contribution in [3.63, 3.8) is 0 Å². The van der Waals surface area contributed by atoms with Gasteiger partial charge in [-0.1, -0.05) is 76.2 Å². The first-order chi connectivity index (χ1) is 23.7. The molecule has 14 heteroatoms. The Hall–Kier alpha value is -5.27. The van der Waals surface area contributed by atoms with Crippen LogP contribution in [0.25, 0.3) is 22.1 Å². The third-order valence-electron chi connectivity index (χ3n) is 8.39. The number of benzene rings is 4. The second kappa shape index (κ2) is 15.1. The van der Waals surface area contributed by atoms with Crippen LogP contribution in [0.1, 0.15) is 83.0 Å². The molecule has 4 aromatic carbocycles. The number of nitrogens with two attached hydrogens (primary N) is 2. The van der Waals surface area contributed by atoms with Gasteiger partial charge in [0.2, 0.25) is 11.8 Å². The van der Waals surface area contributed by atoms with Crippen molar-refractivity contribution in [3.8, 4) is 0 Å². The van der Waals surface area contributed by atoms with Crippen LogP contribution in [0, 0.1) is 0 Å². The summed E-state index contributed by atoms with van der Waals surface area (Å²) in [5, 5.41) is 36.8. The van der Waals surface area contributed by atoms with Gasteiger partial charge in [0, 0.05) is 36.1 Å². The third-order valence-corrected chi connectivity index (χ3v) is 8.39. The Bertz CT molecular complexity index is 2140. The minimum Gasteiger partial charge on any atom is -0.423 e. The van der Waals surface area contributed by atoms with Gasteiger partial charge in [0.15, 0.2) is 0 Å². The number of fused-ring (bicyclic) bond motifs is 2. The van der Waals surface area contributed by atoms with E-state index in [0.29, 0.717) is 35.1 Å². The lowest BCUT2D eigenvalue weighted by atomic mass is 9.80. The lowest BCUT2D eigenvalue weighted by Gasteiger charge is -2.12. The van der Waals surface area contributed by atoms with E-state index in [1.807, 2.05) is 36.4 Å². The van der Waals surface area contributed by atoms with E-state index < -0.39 is 26.1 Å². The smallest absolute Gasteiger partial charge is 0.423 e. The number of rotatable bonds is 10. The van der Waals surface area contributed by atoms with Gasteiger partial charge in [-0.2, -0.15) is 0 Å². The van der Waals surface area contributed by atoms with Crippen molar-refractivity contribution in [1.82, 2.24) is 19.1 Å². The van der Waals surface area contributed by atoms with E-state index in [1.54, 1.807) is 48.5 Å². The SMILES string of the molecule is CC(C)c1nc2cc(C(N)=O)ccc2n1Cc1ccc(B(O)O)cc1.CC(C)c1nc2ccc(C(N)=O)cc2n1Cc1ccc(B(O)O)cc1.